The number of pyridine rings is 1. The maximum Gasteiger partial charge on any atom is 0.249 e. The molecule has 0 fully saturated rings. The van der Waals surface area contributed by atoms with Crippen LogP contribution in [0.5, 0.6) is 5.75 Å². The van der Waals surface area contributed by atoms with Gasteiger partial charge >= 0.3 is 0 Å². The number of amides is 1. The number of rotatable bonds is 4. The topological polar surface area (TPSA) is 64.4 Å². The Labute approximate surface area is 146 Å². The van der Waals surface area contributed by atoms with Crippen LogP contribution in [0.2, 0.25) is 0 Å². The molecule has 25 heavy (non-hydrogen) atoms. The molecule has 1 amide bonds. The third-order valence-electron chi connectivity index (χ3n) is 4.13. The second-order valence-electron chi connectivity index (χ2n) is 5.91. The van der Waals surface area contributed by atoms with Gasteiger partial charge in [0.25, 0.3) is 0 Å². The minimum Gasteiger partial charge on any atom is -0.496 e. The second kappa shape index (κ2) is 6.81. The molecule has 0 saturated heterocycles. The third-order valence-corrected chi connectivity index (χ3v) is 4.13. The number of carbonyl (C=O) groups is 1. The lowest BCUT2D eigenvalue weighted by Gasteiger charge is -2.13. The van der Waals surface area contributed by atoms with E-state index in [9.17, 15) is 4.79 Å². The first-order chi connectivity index (χ1) is 12.0. The summed E-state index contributed by atoms with van der Waals surface area (Å²) in [7, 11) is 1.62. The molecule has 5 nitrogen and oxygen atoms in total. The van der Waals surface area contributed by atoms with Crippen LogP contribution in [-0.4, -0.2) is 18.0 Å². The quantitative estimate of drug-likeness (QED) is 0.713. The Morgan fingerprint density at radius 3 is 2.80 bits per heavy atom. The molecule has 0 spiro atoms. The third kappa shape index (κ3) is 3.26. The fourth-order valence-corrected chi connectivity index (χ4v) is 2.87. The molecule has 0 aliphatic carbocycles. The van der Waals surface area contributed by atoms with Gasteiger partial charge in [-0.1, -0.05) is 6.07 Å². The zero-order valence-corrected chi connectivity index (χ0v) is 14.7. The highest BCUT2D eigenvalue weighted by molar-refractivity contribution is 6.04. The fourth-order valence-electron chi connectivity index (χ4n) is 2.87. The molecule has 0 saturated carbocycles. The summed E-state index contributed by atoms with van der Waals surface area (Å²) in [4.78, 5) is 16.4. The Bertz CT molecular complexity index is 956. The maximum atomic E-state index is 12.3. The molecule has 3 aromatic rings. The summed E-state index contributed by atoms with van der Waals surface area (Å²) < 4.78 is 11.2. The smallest absolute Gasteiger partial charge is 0.249 e. The molecule has 0 atom stereocenters. The van der Waals surface area contributed by atoms with Crippen LogP contribution in [0.4, 0.5) is 5.82 Å². The number of benzene rings is 1. The molecule has 0 aliphatic heterocycles. The summed E-state index contributed by atoms with van der Waals surface area (Å²) in [5, 5.41) is 3.77. The van der Waals surface area contributed by atoms with Crippen LogP contribution < -0.4 is 10.1 Å². The van der Waals surface area contributed by atoms with Crippen LogP contribution in [0.15, 0.2) is 47.2 Å². The second-order valence-corrected chi connectivity index (χ2v) is 5.91. The van der Waals surface area contributed by atoms with E-state index >= 15 is 0 Å². The highest BCUT2D eigenvalue weighted by atomic mass is 16.5. The van der Waals surface area contributed by atoms with Gasteiger partial charge in [-0.05, 0) is 50.1 Å². The highest BCUT2D eigenvalue weighted by Gasteiger charge is 2.16. The Balaban J connectivity index is 1.99. The van der Waals surface area contributed by atoms with Crippen LogP contribution in [0.25, 0.3) is 16.5 Å². The van der Waals surface area contributed by atoms with Crippen LogP contribution in [0, 0.1) is 13.8 Å². The SMILES string of the molecule is COc1c(/C(C)=C/C(=O)Nc2ccccn2)cc2c(C)coc2c1C. The average molecular weight is 336 g/mol. The van der Waals surface area contributed by atoms with Gasteiger partial charge in [-0.3, -0.25) is 4.79 Å². The first-order valence-electron chi connectivity index (χ1n) is 7.97. The van der Waals surface area contributed by atoms with Gasteiger partial charge in [0, 0.05) is 28.8 Å². The largest absolute Gasteiger partial charge is 0.496 e. The molecule has 0 radical (unpaired) electrons. The van der Waals surface area contributed by atoms with E-state index in [0.717, 1.165) is 33.2 Å². The first-order valence-corrected chi connectivity index (χ1v) is 7.97. The van der Waals surface area contributed by atoms with Gasteiger partial charge < -0.3 is 14.5 Å². The molecule has 0 unspecified atom stereocenters. The number of ether oxygens (including phenoxy) is 1. The summed E-state index contributed by atoms with van der Waals surface area (Å²) >= 11 is 0. The summed E-state index contributed by atoms with van der Waals surface area (Å²) in [6, 6.07) is 7.36. The van der Waals surface area contributed by atoms with E-state index in [0.29, 0.717) is 11.6 Å². The standard InChI is InChI=1S/C20H20N2O3/c1-12(9-18(23)22-17-7-5-6-8-21-17)15-10-16-13(2)11-25-20(16)14(3)19(15)24-4/h5-11H,1-4H3,(H,21,22,23)/b12-9+. The van der Waals surface area contributed by atoms with Gasteiger partial charge in [0.2, 0.25) is 5.91 Å². The van der Waals surface area contributed by atoms with Crippen LogP contribution in [0.1, 0.15) is 23.6 Å². The minimum absolute atomic E-state index is 0.236. The van der Waals surface area contributed by atoms with Crippen molar-refractivity contribution in [1.82, 2.24) is 4.98 Å². The molecule has 1 N–H and O–H groups in total. The van der Waals surface area contributed by atoms with Gasteiger partial charge in [-0.25, -0.2) is 4.98 Å². The van der Waals surface area contributed by atoms with Crippen LogP contribution >= 0.6 is 0 Å². The number of allylic oxidation sites excluding steroid dienone is 1. The number of anilines is 1. The number of hydrogen-bond acceptors (Lipinski definition) is 4. The monoisotopic (exact) mass is 336 g/mol. The van der Waals surface area contributed by atoms with Crippen molar-refractivity contribution in [2.45, 2.75) is 20.8 Å². The van der Waals surface area contributed by atoms with Crippen molar-refractivity contribution in [3.63, 3.8) is 0 Å². The van der Waals surface area contributed by atoms with E-state index < -0.39 is 0 Å². The van der Waals surface area contributed by atoms with Gasteiger partial charge in [0.15, 0.2) is 0 Å². The number of furan rings is 1. The van der Waals surface area contributed by atoms with Crippen LogP contribution in [-0.2, 0) is 4.79 Å². The van der Waals surface area contributed by atoms with Crippen molar-refractivity contribution in [3.8, 4) is 5.75 Å². The van der Waals surface area contributed by atoms with E-state index in [1.807, 2.05) is 32.9 Å². The molecule has 0 bridgehead atoms. The summed E-state index contributed by atoms with van der Waals surface area (Å²) in [6.45, 7) is 5.83. The van der Waals surface area contributed by atoms with Gasteiger partial charge in [-0.15, -0.1) is 0 Å². The number of aromatic nitrogens is 1. The summed E-state index contributed by atoms with van der Waals surface area (Å²) in [5.74, 6) is 0.988. The fraction of sp³-hybridized carbons (Fsp3) is 0.200. The van der Waals surface area contributed by atoms with E-state index in [4.69, 9.17) is 9.15 Å². The number of hydrogen-bond donors (Lipinski definition) is 1. The van der Waals surface area contributed by atoms with Crippen molar-refractivity contribution in [1.29, 1.82) is 0 Å². The number of nitrogens with zero attached hydrogens (tertiary/aromatic N) is 1. The van der Waals surface area contributed by atoms with Gasteiger partial charge in [0.1, 0.15) is 17.2 Å². The molecule has 1 aromatic carbocycles. The zero-order chi connectivity index (χ0) is 18.0. The summed E-state index contributed by atoms with van der Waals surface area (Å²) in [5.41, 5.74) is 4.45. The van der Waals surface area contributed by atoms with Gasteiger partial charge in [0.05, 0.1) is 13.4 Å². The zero-order valence-electron chi connectivity index (χ0n) is 14.7. The number of methoxy groups -OCH3 is 1. The Morgan fingerprint density at radius 2 is 2.12 bits per heavy atom. The Morgan fingerprint density at radius 1 is 1.32 bits per heavy atom. The number of fused-ring (bicyclic) bond motifs is 1. The predicted molar refractivity (Wildman–Crippen MR) is 98.8 cm³/mol. The normalized spacial score (nSPS) is 11.6. The van der Waals surface area contributed by atoms with E-state index in [1.54, 1.807) is 37.8 Å². The molecular weight excluding hydrogens is 316 g/mol. The molecule has 2 aromatic heterocycles. The molecule has 128 valence electrons. The molecule has 5 heteroatoms. The van der Waals surface area contributed by atoms with Crippen molar-refractivity contribution in [2.24, 2.45) is 0 Å². The van der Waals surface area contributed by atoms with E-state index in [2.05, 4.69) is 10.3 Å². The number of carbonyl (C=O) groups excluding carboxylic acids is 1. The lowest BCUT2D eigenvalue weighted by Crippen LogP contribution is -2.09. The molecule has 0 aliphatic rings. The Kier molecular flexibility index (Phi) is 4.57. The number of nitrogens with one attached hydrogen (secondary N) is 1. The number of aryl methyl sites for hydroxylation is 2. The lowest BCUT2D eigenvalue weighted by molar-refractivity contribution is -0.111. The maximum absolute atomic E-state index is 12.3. The summed E-state index contributed by atoms with van der Waals surface area (Å²) in [6.07, 6.45) is 4.91. The minimum atomic E-state index is -0.236. The highest BCUT2D eigenvalue weighted by Crippen LogP contribution is 2.37. The van der Waals surface area contributed by atoms with Gasteiger partial charge in [-0.2, -0.15) is 0 Å². The lowest BCUT2D eigenvalue weighted by atomic mass is 9.98. The molecule has 2 heterocycles. The average Bonchev–Trinajstić information content (AvgIpc) is 2.97. The van der Waals surface area contributed by atoms with E-state index in [-0.39, 0.29) is 5.91 Å². The van der Waals surface area contributed by atoms with Crippen molar-refractivity contribution in [3.05, 3.63) is 59.5 Å². The first kappa shape index (κ1) is 16.8. The van der Waals surface area contributed by atoms with Crippen molar-refractivity contribution in [2.75, 3.05) is 12.4 Å². The van der Waals surface area contributed by atoms with Crippen molar-refractivity contribution < 1.29 is 13.9 Å². The van der Waals surface area contributed by atoms with Crippen LogP contribution in [0.3, 0.4) is 0 Å². The predicted octanol–water partition coefficient (Wildman–Crippen LogP) is 4.50. The molecular formula is C20H20N2O3. The Hall–Kier alpha value is -3.08. The molecule has 3 rings (SSSR count). The van der Waals surface area contributed by atoms with E-state index in [1.165, 1.54) is 0 Å². The van der Waals surface area contributed by atoms with Crippen molar-refractivity contribution >= 4 is 28.3 Å².